The smallest absolute Gasteiger partial charge is 0.151 e. The van der Waals surface area contributed by atoms with Crippen molar-refractivity contribution in [2.75, 3.05) is 11.2 Å². The molecule has 7 heteroatoms. The molecular formula is C19H16ClN5S. The molecule has 3 aromatic rings. The Morgan fingerprint density at radius 1 is 1.23 bits per heavy atom. The molecule has 1 aliphatic carbocycles. The van der Waals surface area contributed by atoms with Gasteiger partial charge in [-0.2, -0.15) is 10.4 Å². The van der Waals surface area contributed by atoms with Crippen molar-refractivity contribution in [2.45, 2.75) is 25.7 Å². The summed E-state index contributed by atoms with van der Waals surface area (Å²) in [6.45, 7) is 0. The number of rotatable bonds is 3. The molecule has 0 aliphatic heterocycles. The van der Waals surface area contributed by atoms with Gasteiger partial charge in [-0.05, 0) is 48.9 Å². The van der Waals surface area contributed by atoms with E-state index < -0.39 is 0 Å². The summed E-state index contributed by atoms with van der Waals surface area (Å²) in [7, 11) is 0. The molecule has 2 aromatic heterocycles. The fourth-order valence-electron chi connectivity index (χ4n) is 3.31. The van der Waals surface area contributed by atoms with Crippen LogP contribution in [0, 0.1) is 11.3 Å². The van der Waals surface area contributed by atoms with E-state index in [-0.39, 0.29) is 0 Å². The van der Waals surface area contributed by atoms with Gasteiger partial charge >= 0.3 is 0 Å². The van der Waals surface area contributed by atoms with Gasteiger partial charge < -0.3 is 5.73 Å². The molecule has 0 saturated heterocycles. The lowest BCUT2D eigenvalue weighted by Gasteiger charge is -2.19. The number of hydrogen-bond acceptors (Lipinski definition) is 6. The summed E-state index contributed by atoms with van der Waals surface area (Å²) >= 11 is 7.24. The second-order valence-corrected chi connectivity index (χ2v) is 7.62. The van der Waals surface area contributed by atoms with Gasteiger partial charge in [0, 0.05) is 16.0 Å². The van der Waals surface area contributed by atoms with E-state index in [2.05, 4.69) is 16.6 Å². The predicted molar refractivity (Wildman–Crippen MR) is 108 cm³/mol. The van der Waals surface area contributed by atoms with Crippen LogP contribution in [0.5, 0.6) is 0 Å². The molecule has 0 amide bonds. The second kappa shape index (κ2) is 6.94. The number of pyridine rings is 1. The van der Waals surface area contributed by atoms with E-state index in [1.54, 1.807) is 6.21 Å². The van der Waals surface area contributed by atoms with E-state index in [0.717, 1.165) is 52.8 Å². The number of nitrogens with one attached hydrogen (secondary N) is 1. The van der Waals surface area contributed by atoms with E-state index in [1.807, 2.05) is 24.3 Å². The van der Waals surface area contributed by atoms with Crippen LogP contribution in [0.25, 0.3) is 10.2 Å². The average molecular weight is 382 g/mol. The third-order valence-electron chi connectivity index (χ3n) is 4.55. The van der Waals surface area contributed by atoms with Crippen molar-refractivity contribution in [1.82, 2.24) is 4.98 Å². The minimum absolute atomic E-state index is 0.530. The van der Waals surface area contributed by atoms with E-state index >= 15 is 0 Å². The summed E-state index contributed by atoms with van der Waals surface area (Å²) in [6.07, 6.45) is 5.87. The largest absolute Gasteiger partial charge is 0.396 e. The van der Waals surface area contributed by atoms with Crippen molar-refractivity contribution >= 4 is 50.9 Å². The molecule has 1 aliphatic rings. The summed E-state index contributed by atoms with van der Waals surface area (Å²) in [5.41, 5.74) is 13.2. The first-order valence-corrected chi connectivity index (χ1v) is 9.55. The zero-order valence-electron chi connectivity index (χ0n) is 13.9. The monoisotopic (exact) mass is 381 g/mol. The molecule has 130 valence electrons. The van der Waals surface area contributed by atoms with Crippen molar-refractivity contribution in [1.29, 1.82) is 5.26 Å². The van der Waals surface area contributed by atoms with Crippen LogP contribution in [0.4, 0.5) is 11.5 Å². The van der Waals surface area contributed by atoms with Crippen molar-refractivity contribution < 1.29 is 0 Å². The minimum Gasteiger partial charge on any atom is -0.396 e. The number of thiophene rings is 1. The van der Waals surface area contributed by atoms with E-state index in [1.165, 1.54) is 16.9 Å². The van der Waals surface area contributed by atoms with Gasteiger partial charge in [-0.1, -0.05) is 23.7 Å². The Morgan fingerprint density at radius 2 is 1.96 bits per heavy atom. The third-order valence-corrected chi connectivity index (χ3v) is 5.81. The average Bonchev–Trinajstić information content (AvgIpc) is 2.99. The Labute approximate surface area is 160 Å². The first kappa shape index (κ1) is 16.8. The van der Waals surface area contributed by atoms with Crippen LogP contribution < -0.4 is 11.2 Å². The Kier molecular flexibility index (Phi) is 4.49. The molecule has 5 nitrogen and oxygen atoms in total. The van der Waals surface area contributed by atoms with Gasteiger partial charge in [-0.15, -0.1) is 11.3 Å². The molecule has 0 radical (unpaired) electrons. The zero-order valence-corrected chi connectivity index (χ0v) is 15.5. The van der Waals surface area contributed by atoms with Gasteiger partial charge in [0.1, 0.15) is 15.8 Å². The lowest BCUT2D eigenvalue weighted by Crippen LogP contribution is -2.09. The van der Waals surface area contributed by atoms with Crippen LogP contribution >= 0.6 is 22.9 Å². The maximum atomic E-state index is 9.28. The molecular weight excluding hydrogens is 366 g/mol. The molecule has 0 unspecified atom stereocenters. The van der Waals surface area contributed by atoms with Crippen LogP contribution in [0.1, 0.15) is 34.4 Å². The number of benzene rings is 1. The van der Waals surface area contributed by atoms with Crippen molar-refractivity contribution in [3.63, 3.8) is 0 Å². The number of hydrazone groups is 1. The number of aromatic nitrogens is 1. The van der Waals surface area contributed by atoms with Crippen LogP contribution in [-0.4, -0.2) is 11.2 Å². The summed E-state index contributed by atoms with van der Waals surface area (Å²) < 4.78 is 0. The van der Waals surface area contributed by atoms with Gasteiger partial charge in [0.05, 0.1) is 11.9 Å². The SMILES string of the molecule is N#Cc1sc2nc(N/N=C/c3ccc(Cl)cc3)c3c(c2c1N)CCCC3. The van der Waals surface area contributed by atoms with Crippen molar-refractivity contribution in [3.05, 3.63) is 50.9 Å². The summed E-state index contributed by atoms with van der Waals surface area (Å²) in [5.74, 6) is 0.753. The Hall–Kier alpha value is -2.62. The van der Waals surface area contributed by atoms with Crippen molar-refractivity contribution in [3.8, 4) is 6.07 Å². The Bertz CT molecular complexity index is 1050. The molecule has 26 heavy (non-hydrogen) atoms. The molecule has 0 bridgehead atoms. The standard InChI is InChI=1S/C19H16ClN5S/c20-12-7-5-11(6-8-12)10-23-25-18-14-4-2-1-3-13(14)16-17(22)15(9-21)26-19(16)24-18/h5-8,10H,1-4,22H2,(H,24,25)/b23-10+. The predicted octanol–water partition coefficient (Wildman–Crippen LogP) is 4.73. The topological polar surface area (TPSA) is 87.1 Å². The Balaban J connectivity index is 1.73. The molecule has 4 rings (SSSR count). The zero-order chi connectivity index (χ0) is 18.1. The molecule has 0 fully saturated rings. The van der Waals surface area contributed by atoms with Gasteiger partial charge in [0.25, 0.3) is 0 Å². The maximum absolute atomic E-state index is 9.28. The van der Waals surface area contributed by atoms with Gasteiger partial charge in [0.15, 0.2) is 5.82 Å². The highest BCUT2D eigenvalue weighted by Crippen LogP contribution is 2.40. The highest BCUT2D eigenvalue weighted by Gasteiger charge is 2.22. The number of nitrogens with two attached hydrogens (primary N) is 1. The molecule has 3 N–H and O–H groups in total. The lowest BCUT2D eigenvalue weighted by molar-refractivity contribution is 0.689. The molecule has 2 heterocycles. The fraction of sp³-hybridized carbons (Fsp3) is 0.211. The fourth-order valence-corrected chi connectivity index (χ4v) is 4.35. The summed E-state index contributed by atoms with van der Waals surface area (Å²) in [6, 6.07) is 9.63. The van der Waals surface area contributed by atoms with Crippen LogP contribution in [-0.2, 0) is 12.8 Å². The quantitative estimate of drug-likeness (QED) is 0.507. The number of halogens is 1. The Morgan fingerprint density at radius 3 is 2.69 bits per heavy atom. The molecule has 0 saturated carbocycles. The maximum Gasteiger partial charge on any atom is 0.151 e. The van der Waals surface area contributed by atoms with Gasteiger partial charge in [-0.3, -0.25) is 5.43 Å². The summed E-state index contributed by atoms with van der Waals surface area (Å²) in [5, 5.41) is 15.3. The normalized spacial score (nSPS) is 13.7. The van der Waals surface area contributed by atoms with Crippen LogP contribution in [0.15, 0.2) is 29.4 Å². The second-order valence-electron chi connectivity index (χ2n) is 6.18. The number of nitrogen functional groups attached to an aromatic ring is 1. The lowest BCUT2D eigenvalue weighted by atomic mass is 9.90. The highest BCUT2D eigenvalue weighted by atomic mass is 35.5. The first-order valence-electron chi connectivity index (χ1n) is 8.36. The number of aryl methyl sites for hydroxylation is 1. The first-order chi connectivity index (χ1) is 12.7. The van der Waals surface area contributed by atoms with Gasteiger partial charge in [-0.25, -0.2) is 4.98 Å². The number of nitrogens with zero attached hydrogens (tertiary/aromatic N) is 3. The third kappa shape index (κ3) is 3.00. The molecule has 0 atom stereocenters. The van der Waals surface area contributed by atoms with Gasteiger partial charge in [0.2, 0.25) is 0 Å². The number of fused-ring (bicyclic) bond motifs is 3. The van der Waals surface area contributed by atoms with Crippen LogP contribution in [0.3, 0.4) is 0 Å². The number of nitriles is 1. The van der Waals surface area contributed by atoms with E-state index in [4.69, 9.17) is 22.3 Å². The van der Waals surface area contributed by atoms with E-state index in [9.17, 15) is 5.26 Å². The van der Waals surface area contributed by atoms with E-state index in [0.29, 0.717) is 15.6 Å². The highest BCUT2D eigenvalue weighted by molar-refractivity contribution is 7.19. The van der Waals surface area contributed by atoms with Crippen molar-refractivity contribution in [2.24, 2.45) is 5.10 Å². The minimum atomic E-state index is 0.530. The van der Waals surface area contributed by atoms with Crippen LogP contribution in [0.2, 0.25) is 5.02 Å². The summed E-state index contributed by atoms with van der Waals surface area (Å²) in [4.78, 5) is 6.03. The number of hydrogen-bond donors (Lipinski definition) is 2. The molecule has 1 aromatic carbocycles. The number of anilines is 2. The molecule has 0 spiro atoms.